The molecule has 0 aliphatic carbocycles. The van der Waals surface area contributed by atoms with Crippen molar-refractivity contribution >= 4 is 11.9 Å². The molecule has 2 N–H and O–H groups in total. The number of aliphatic carboxylic acids is 2. The molecule has 0 atom stereocenters. The Morgan fingerprint density at radius 1 is 1.18 bits per heavy atom. The Morgan fingerprint density at radius 3 is 2.18 bits per heavy atom. The molecule has 0 aliphatic heterocycles. The Bertz CT molecular complexity index is 377. The highest BCUT2D eigenvalue weighted by Gasteiger charge is 2.29. The summed E-state index contributed by atoms with van der Waals surface area (Å²) in [6.07, 6.45) is 0.619. The maximum atomic E-state index is 10.8. The van der Waals surface area contributed by atoms with E-state index < -0.39 is 18.0 Å². The fourth-order valence-electron chi connectivity index (χ4n) is 1.56. The van der Waals surface area contributed by atoms with Crippen molar-refractivity contribution < 1.29 is 19.8 Å². The first-order valence-electron chi connectivity index (χ1n) is 5.22. The maximum Gasteiger partial charge on any atom is 0.332 e. The Morgan fingerprint density at radius 2 is 1.71 bits per heavy atom. The third kappa shape index (κ3) is 3.88. The van der Waals surface area contributed by atoms with Crippen LogP contribution in [0, 0.1) is 0 Å². The molecule has 1 aromatic carbocycles. The van der Waals surface area contributed by atoms with Crippen LogP contribution in [0.5, 0.6) is 0 Å². The quantitative estimate of drug-likeness (QED) is 0.712. The zero-order valence-corrected chi connectivity index (χ0v) is 9.54. The number of nitrogens with zero attached hydrogens (tertiary/aromatic N) is 1. The van der Waals surface area contributed by atoms with E-state index in [1.807, 2.05) is 30.3 Å². The van der Waals surface area contributed by atoms with Crippen LogP contribution in [0.25, 0.3) is 0 Å². The SMILES string of the molecule is CN(CCc1ccccc1)C(C(=O)O)C(=O)O. The van der Waals surface area contributed by atoms with Gasteiger partial charge in [0.2, 0.25) is 6.04 Å². The molecule has 5 heteroatoms. The summed E-state index contributed by atoms with van der Waals surface area (Å²) in [5.74, 6) is -2.68. The molecule has 1 aromatic rings. The van der Waals surface area contributed by atoms with Gasteiger partial charge in [-0.1, -0.05) is 30.3 Å². The molecule has 92 valence electrons. The molecule has 0 heterocycles. The predicted octanol–water partition coefficient (Wildman–Crippen LogP) is 0.699. The Kier molecular flexibility index (Phi) is 4.66. The lowest BCUT2D eigenvalue weighted by molar-refractivity contribution is -0.155. The van der Waals surface area contributed by atoms with Gasteiger partial charge in [-0.25, -0.2) is 9.59 Å². The van der Waals surface area contributed by atoms with Crippen LogP contribution in [-0.2, 0) is 16.0 Å². The number of benzene rings is 1. The van der Waals surface area contributed by atoms with E-state index >= 15 is 0 Å². The van der Waals surface area contributed by atoms with Crippen molar-refractivity contribution in [2.75, 3.05) is 13.6 Å². The second-order valence-corrected chi connectivity index (χ2v) is 3.80. The summed E-state index contributed by atoms with van der Waals surface area (Å²) in [5, 5.41) is 17.6. The van der Waals surface area contributed by atoms with Gasteiger partial charge in [0.25, 0.3) is 0 Å². The van der Waals surface area contributed by atoms with Gasteiger partial charge < -0.3 is 10.2 Å². The first kappa shape index (κ1) is 13.2. The van der Waals surface area contributed by atoms with E-state index in [0.717, 1.165) is 5.56 Å². The van der Waals surface area contributed by atoms with E-state index in [9.17, 15) is 9.59 Å². The van der Waals surface area contributed by atoms with Gasteiger partial charge in [0.05, 0.1) is 0 Å². The molecule has 0 amide bonds. The van der Waals surface area contributed by atoms with E-state index in [4.69, 9.17) is 10.2 Å². The molecule has 0 saturated carbocycles. The third-order valence-electron chi connectivity index (χ3n) is 2.50. The van der Waals surface area contributed by atoms with Gasteiger partial charge in [-0.2, -0.15) is 0 Å². The highest BCUT2D eigenvalue weighted by atomic mass is 16.4. The normalized spacial score (nSPS) is 10.8. The lowest BCUT2D eigenvalue weighted by Gasteiger charge is -2.20. The smallest absolute Gasteiger partial charge is 0.332 e. The molecule has 17 heavy (non-hydrogen) atoms. The van der Waals surface area contributed by atoms with Crippen LogP contribution >= 0.6 is 0 Å². The molecular formula is C12H15NO4. The average Bonchev–Trinajstić information content (AvgIpc) is 2.27. The Labute approximate surface area is 99.3 Å². The van der Waals surface area contributed by atoms with Crippen LogP contribution in [0.15, 0.2) is 30.3 Å². The van der Waals surface area contributed by atoms with Crippen LogP contribution in [0.3, 0.4) is 0 Å². The van der Waals surface area contributed by atoms with Gasteiger partial charge in [0.1, 0.15) is 0 Å². The molecule has 0 spiro atoms. The minimum absolute atomic E-state index is 0.382. The van der Waals surface area contributed by atoms with Crippen molar-refractivity contribution in [3.63, 3.8) is 0 Å². The minimum Gasteiger partial charge on any atom is -0.480 e. The molecular weight excluding hydrogens is 222 g/mol. The van der Waals surface area contributed by atoms with Crippen LogP contribution in [0.2, 0.25) is 0 Å². The van der Waals surface area contributed by atoms with E-state index in [2.05, 4.69) is 0 Å². The zero-order valence-electron chi connectivity index (χ0n) is 9.54. The van der Waals surface area contributed by atoms with Crippen LogP contribution in [-0.4, -0.2) is 46.7 Å². The summed E-state index contributed by atoms with van der Waals surface area (Å²) >= 11 is 0. The number of hydrogen-bond donors (Lipinski definition) is 2. The fourth-order valence-corrected chi connectivity index (χ4v) is 1.56. The monoisotopic (exact) mass is 237 g/mol. The van der Waals surface area contributed by atoms with Gasteiger partial charge >= 0.3 is 11.9 Å². The molecule has 1 rings (SSSR count). The van der Waals surface area contributed by atoms with Crippen LogP contribution < -0.4 is 0 Å². The fraction of sp³-hybridized carbons (Fsp3) is 0.333. The van der Waals surface area contributed by atoms with Crippen molar-refractivity contribution in [3.8, 4) is 0 Å². The molecule has 0 unspecified atom stereocenters. The molecule has 0 radical (unpaired) electrons. The van der Waals surface area contributed by atoms with Crippen LogP contribution in [0.4, 0.5) is 0 Å². The second kappa shape index (κ2) is 6.00. The average molecular weight is 237 g/mol. The lowest BCUT2D eigenvalue weighted by Crippen LogP contribution is -2.45. The van der Waals surface area contributed by atoms with E-state index in [-0.39, 0.29) is 0 Å². The number of carboxylic acids is 2. The summed E-state index contributed by atoms with van der Waals surface area (Å²) in [4.78, 5) is 22.9. The van der Waals surface area contributed by atoms with Gasteiger partial charge in [-0.3, -0.25) is 4.90 Å². The number of rotatable bonds is 6. The van der Waals surface area contributed by atoms with Gasteiger partial charge in [0.15, 0.2) is 0 Å². The second-order valence-electron chi connectivity index (χ2n) is 3.80. The summed E-state index contributed by atoms with van der Waals surface area (Å²) in [6, 6.07) is 8.03. The van der Waals surface area contributed by atoms with E-state index in [1.54, 1.807) is 0 Å². The largest absolute Gasteiger partial charge is 0.480 e. The van der Waals surface area contributed by atoms with Crippen molar-refractivity contribution in [3.05, 3.63) is 35.9 Å². The Hall–Kier alpha value is -1.88. The topological polar surface area (TPSA) is 77.8 Å². The summed E-state index contributed by atoms with van der Waals surface area (Å²) in [7, 11) is 1.50. The molecule has 0 bridgehead atoms. The van der Waals surface area contributed by atoms with Gasteiger partial charge in [0, 0.05) is 6.54 Å². The molecule has 0 aromatic heterocycles. The summed E-state index contributed by atoms with van der Waals surface area (Å²) in [5.41, 5.74) is 1.05. The standard InChI is InChI=1S/C12H15NO4/c1-13(10(11(14)15)12(16)17)8-7-9-5-3-2-4-6-9/h2-6,10H,7-8H2,1H3,(H,14,15)(H,16,17). The molecule has 0 saturated heterocycles. The maximum absolute atomic E-state index is 10.8. The third-order valence-corrected chi connectivity index (χ3v) is 2.50. The van der Waals surface area contributed by atoms with Crippen molar-refractivity contribution in [1.82, 2.24) is 4.90 Å². The zero-order chi connectivity index (χ0) is 12.8. The molecule has 0 aliphatic rings. The number of carboxylic acid groups (broad SMARTS) is 2. The number of hydrogen-bond acceptors (Lipinski definition) is 3. The summed E-state index contributed by atoms with van der Waals surface area (Å²) < 4.78 is 0. The van der Waals surface area contributed by atoms with Crippen molar-refractivity contribution in [1.29, 1.82) is 0 Å². The highest BCUT2D eigenvalue weighted by Crippen LogP contribution is 2.03. The minimum atomic E-state index is -1.49. The van der Waals surface area contributed by atoms with Crippen molar-refractivity contribution in [2.45, 2.75) is 12.5 Å². The van der Waals surface area contributed by atoms with E-state index in [1.165, 1.54) is 11.9 Å². The van der Waals surface area contributed by atoms with Crippen molar-refractivity contribution in [2.24, 2.45) is 0 Å². The first-order valence-corrected chi connectivity index (χ1v) is 5.22. The lowest BCUT2D eigenvalue weighted by atomic mass is 10.1. The van der Waals surface area contributed by atoms with Crippen LogP contribution in [0.1, 0.15) is 5.56 Å². The highest BCUT2D eigenvalue weighted by molar-refractivity contribution is 5.97. The molecule has 5 nitrogen and oxygen atoms in total. The number of likely N-dealkylation sites (N-methyl/N-ethyl adjacent to an activating group) is 1. The number of carbonyl (C=O) groups is 2. The van der Waals surface area contributed by atoms with Gasteiger partial charge in [-0.05, 0) is 19.0 Å². The molecule has 0 fully saturated rings. The Balaban J connectivity index is 2.56. The van der Waals surface area contributed by atoms with Gasteiger partial charge in [-0.15, -0.1) is 0 Å². The first-order chi connectivity index (χ1) is 8.02. The summed E-state index contributed by atoms with van der Waals surface area (Å²) in [6.45, 7) is 0.382. The predicted molar refractivity (Wildman–Crippen MR) is 61.8 cm³/mol. The van der Waals surface area contributed by atoms with E-state index in [0.29, 0.717) is 13.0 Å².